The molecule has 0 aromatic heterocycles. The summed E-state index contributed by atoms with van der Waals surface area (Å²) in [4.78, 5) is 12.0. The van der Waals surface area contributed by atoms with E-state index in [1.54, 1.807) is 6.07 Å². The summed E-state index contributed by atoms with van der Waals surface area (Å²) in [7, 11) is 1.32. The van der Waals surface area contributed by atoms with E-state index in [1.807, 2.05) is 13.8 Å². The molecule has 1 aromatic carbocycles. The van der Waals surface area contributed by atoms with Crippen LogP contribution in [0.15, 0.2) is 30.0 Å². The number of methoxy groups -OCH3 is 1. The molecular weight excluding hydrogens is 309 g/mol. The summed E-state index contributed by atoms with van der Waals surface area (Å²) < 4.78 is 49.4. The van der Waals surface area contributed by atoms with Crippen LogP contribution in [0.1, 0.15) is 37.8 Å². The summed E-state index contributed by atoms with van der Waals surface area (Å²) >= 11 is 0. The van der Waals surface area contributed by atoms with Gasteiger partial charge in [0.25, 0.3) is 0 Å². The Bertz CT molecular complexity index is 616. The second-order valence-electron chi connectivity index (χ2n) is 5.43. The van der Waals surface area contributed by atoms with Crippen LogP contribution in [-0.4, -0.2) is 19.2 Å². The van der Waals surface area contributed by atoms with Gasteiger partial charge in [-0.1, -0.05) is 26.0 Å². The number of cyclic esters (lactones) is 1. The lowest BCUT2D eigenvalue weighted by atomic mass is 9.87. The highest BCUT2D eigenvalue weighted by molar-refractivity contribution is 6.01. The predicted molar refractivity (Wildman–Crippen MR) is 79.3 cm³/mol. The Morgan fingerprint density at radius 3 is 2.43 bits per heavy atom. The van der Waals surface area contributed by atoms with Crippen LogP contribution in [0.25, 0.3) is 5.57 Å². The molecule has 0 radical (unpaired) electrons. The van der Waals surface area contributed by atoms with E-state index in [9.17, 15) is 18.0 Å². The van der Waals surface area contributed by atoms with Crippen molar-refractivity contribution in [3.8, 4) is 0 Å². The molecule has 3 nitrogen and oxygen atoms in total. The van der Waals surface area contributed by atoms with E-state index < -0.39 is 23.8 Å². The number of halogens is 3. The summed E-state index contributed by atoms with van der Waals surface area (Å²) in [6, 6.07) is 4.90. The molecule has 0 fully saturated rings. The molecule has 1 atom stereocenters. The second-order valence-corrected chi connectivity index (χ2v) is 5.43. The lowest BCUT2D eigenvalue weighted by Crippen LogP contribution is -2.22. The third-order valence-corrected chi connectivity index (χ3v) is 4.13. The molecule has 0 saturated heterocycles. The fourth-order valence-corrected chi connectivity index (χ4v) is 2.87. The van der Waals surface area contributed by atoms with Gasteiger partial charge in [0.05, 0.1) is 12.7 Å². The first-order chi connectivity index (χ1) is 10.8. The topological polar surface area (TPSA) is 35.5 Å². The summed E-state index contributed by atoms with van der Waals surface area (Å²) in [5.41, 5.74) is -0.0580. The van der Waals surface area contributed by atoms with E-state index in [0.29, 0.717) is 11.1 Å². The van der Waals surface area contributed by atoms with Gasteiger partial charge in [-0.2, -0.15) is 13.2 Å². The Kier molecular flexibility index (Phi) is 5.02. The lowest BCUT2D eigenvalue weighted by molar-refractivity contribution is -0.144. The van der Waals surface area contributed by atoms with E-state index in [-0.39, 0.29) is 11.7 Å². The number of carbonyl (C=O) groups excluding carboxylic acids is 1. The van der Waals surface area contributed by atoms with Crippen molar-refractivity contribution in [3.63, 3.8) is 0 Å². The molecular formula is C17H19F3O3. The van der Waals surface area contributed by atoms with Crippen LogP contribution in [0.2, 0.25) is 0 Å². The van der Waals surface area contributed by atoms with Crippen LogP contribution < -0.4 is 0 Å². The van der Waals surface area contributed by atoms with Crippen LogP contribution in [0.3, 0.4) is 0 Å². The molecule has 0 spiro atoms. The number of carbonyl (C=O) groups is 1. The van der Waals surface area contributed by atoms with Gasteiger partial charge in [0.15, 0.2) is 0 Å². The number of ether oxygens (including phenoxy) is 2. The van der Waals surface area contributed by atoms with Crippen LogP contribution in [0.4, 0.5) is 13.2 Å². The summed E-state index contributed by atoms with van der Waals surface area (Å²) in [6.07, 6.45) is -3.55. The Balaban J connectivity index is 2.55. The molecule has 0 amide bonds. The van der Waals surface area contributed by atoms with Gasteiger partial charge in [-0.15, -0.1) is 0 Å². The molecule has 0 aliphatic carbocycles. The molecule has 1 aromatic rings. The van der Waals surface area contributed by atoms with Crippen molar-refractivity contribution in [1.29, 1.82) is 0 Å². The number of alkyl halides is 3. The zero-order chi connectivity index (χ0) is 17.2. The molecule has 1 unspecified atom stereocenters. The van der Waals surface area contributed by atoms with Crippen molar-refractivity contribution in [2.24, 2.45) is 5.92 Å². The van der Waals surface area contributed by atoms with Crippen molar-refractivity contribution in [2.75, 3.05) is 7.11 Å². The minimum atomic E-state index is -4.45. The zero-order valence-electron chi connectivity index (χ0n) is 13.2. The molecule has 126 valence electrons. The average Bonchev–Trinajstić information content (AvgIpc) is 2.84. The van der Waals surface area contributed by atoms with Gasteiger partial charge in [0.2, 0.25) is 5.76 Å². The normalized spacial score (nSPS) is 18.6. The van der Waals surface area contributed by atoms with E-state index in [4.69, 9.17) is 9.47 Å². The Hall–Kier alpha value is -1.98. The first-order valence-corrected chi connectivity index (χ1v) is 7.50. The molecule has 1 heterocycles. The van der Waals surface area contributed by atoms with E-state index in [1.165, 1.54) is 13.2 Å². The van der Waals surface area contributed by atoms with Crippen molar-refractivity contribution in [3.05, 3.63) is 41.2 Å². The molecule has 6 heteroatoms. The highest BCUT2D eigenvalue weighted by Crippen LogP contribution is 2.39. The third-order valence-electron chi connectivity index (χ3n) is 4.13. The minimum Gasteiger partial charge on any atom is -0.490 e. The summed E-state index contributed by atoms with van der Waals surface area (Å²) in [5, 5.41) is 0. The van der Waals surface area contributed by atoms with Gasteiger partial charge >= 0.3 is 12.1 Å². The summed E-state index contributed by atoms with van der Waals surface area (Å²) in [6.45, 7) is 3.91. The molecule has 0 N–H and O–H groups in total. The van der Waals surface area contributed by atoms with E-state index in [2.05, 4.69) is 0 Å². The van der Waals surface area contributed by atoms with Gasteiger partial charge in [-0.25, -0.2) is 4.79 Å². The highest BCUT2D eigenvalue weighted by atomic mass is 19.4. The molecule has 0 bridgehead atoms. The van der Waals surface area contributed by atoms with E-state index in [0.717, 1.165) is 25.0 Å². The van der Waals surface area contributed by atoms with Gasteiger partial charge in [0.1, 0.15) is 6.10 Å². The average molecular weight is 328 g/mol. The molecule has 1 aliphatic rings. The maximum Gasteiger partial charge on any atom is 0.416 e. The number of hydrogen-bond acceptors (Lipinski definition) is 3. The minimum absolute atomic E-state index is 0.0128. The smallest absolute Gasteiger partial charge is 0.416 e. The number of esters is 1. The van der Waals surface area contributed by atoms with Crippen molar-refractivity contribution >= 4 is 11.5 Å². The monoisotopic (exact) mass is 328 g/mol. The Morgan fingerprint density at radius 1 is 1.26 bits per heavy atom. The standard InChI is InChI=1S/C17H19F3O3/c1-4-10(5-2)14-13(15(22-3)16(21)23-14)11-7-6-8-12(9-11)17(18,19)20/h6-10,14H,4-5H2,1-3H3. The third kappa shape index (κ3) is 3.35. The Morgan fingerprint density at radius 2 is 1.91 bits per heavy atom. The summed E-state index contributed by atoms with van der Waals surface area (Å²) in [5.74, 6) is -0.617. The van der Waals surface area contributed by atoms with Crippen LogP contribution in [0.5, 0.6) is 0 Å². The molecule has 0 saturated carbocycles. The first kappa shape index (κ1) is 17.4. The van der Waals surface area contributed by atoms with Crippen LogP contribution >= 0.6 is 0 Å². The van der Waals surface area contributed by atoms with Crippen LogP contribution in [0, 0.1) is 5.92 Å². The van der Waals surface area contributed by atoms with Crippen molar-refractivity contribution in [2.45, 2.75) is 39.0 Å². The fourth-order valence-electron chi connectivity index (χ4n) is 2.87. The van der Waals surface area contributed by atoms with E-state index >= 15 is 0 Å². The number of rotatable bonds is 5. The van der Waals surface area contributed by atoms with Gasteiger partial charge in [0, 0.05) is 5.57 Å². The first-order valence-electron chi connectivity index (χ1n) is 7.50. The number of benzene rings is 1. The highest BCUT2D eigenvalue weighted by Gasteiger charge is 2.40. The van der Waals surface area contributed by atoms with Gasteiger partial charge < -0.3 is 9.47 Å². The van der Waals surface area contributed by atoms with Crippen molar-refractivity contribution in [1.82, 2.24) is 0 Å². The quantitative estimate of drug-likeness (QED) is 0.750. The molecule has 2 rings (SSSR count). The SMILES string of the molecule is CCC(CC)C1OC(=O)C(OC)=C1c1cccc(C(F)(F)F)c1. The van der Waals surface area contributed by atoms with Crippen LogP contribution in [-0.2, 0) is 20.4 Å². The zero-order valence-corrected chi connectivity index (χ0v) is 13.2. The van der Waals surface area contributed by atoms with Gasteiger partial charge in [-0.05, 0) is 36.5 Å². The molecule has 1 aliphatic heterocycles. The largest absolute Gasteiger partial charge is 0.490 e. The van der Waals surface area contributed by atoms with Crippen molar-refractivity contribution < 1.29 is 27.4 Å². The molecule has 23 heavy (non-hydrogen) atoms. The Labute approximate surface area is 133 Å². The number of hydrogen-bond donors (Lipinski definition) is 0. The lowest BCUT2D eigenvalue weighted by Gasteiger charge is -2.22. The maximum atomic E-state index is 13.0. The van der Waals surface area contributed by atoms with Gasteiger partial charge in [-0.3, -0.25) is 0 Å². The fraction of sp³-hybridized carbons (Fsp3) is 0.471. The predicted octanol–water partition coefficient (Wildman–Crippen LogP) is 4.42. The second kappa shape index (κ2) is 6.64. The maximum absolute atomic E-state index is 13.0.